The number of nitrogens with one attached hydrogen (secondary N) is 1. The minimum absolute atomic E-state index is 0.267. The molecule has 1 aliphatic rings. The van der Waals surface area contributed by atoms with E-state index < -0.39 is 0 Å². The average molecular weight is 403 g/mol. The summed E-state index contributed by atoms with van der Waals surface area (Å²) in [7, 11) is 0. The number of carbonyl (C=O) groups excluding carboxylic acids is 1. The molecule has 1 amide bonds. The lowest BCUT2D eigenvalue weighted by molar-refractivity contribution is 0.0993. The van der Waals surface area contributed by atoms with Crippen LogP contribution in [0.3, 0.4) is 0 Å². The summed E-state index contributed by atoms with van der Waals surface area (Å²) in [5.74, 6) is 0.342. The zero-order valence-electron chi connectivity index (χ0n) is 15.2. The molecular weight excluding hydrogens is 383 g/mol. The van der Waals surface area contributed by atoms with Crippen LogP contribution in [-0.2, 0) is 13.1 Å². The Bertz CT molecular complexity index is 978. The maximum absolute atomic E-state index is 13.1. The number of benzene rings is 1. The molecule has 0 spiro atoms. The summed E-state index contributed by atoms with van der Waals surface area (Å²) in [6, 6.07) is 7.75. The number of nitrogens with zero attached hydrogens (tertiary/aromatic N) is 3. The van der Waals surface area contributed by atoms with E-state index in [0.717, 1.165) is 31.0 Å². The fourth-order valence-electron chi connectivity index (χ4n) is 3.28. The fourth-order valence-corrected chi connectivity index (χ4v) is 3.50. The lowest BCUT2D eigenvalue weighted by Crippen LogP contribution is -2.17. The molecule has 6 nitrogen and oxygen atoms in total. The number of anilines is 1. The van der Waals surface area contributed by atoms with E-state index in [1.54, 1.807) is 29.2 Å². The van der Waals surface area contributed by atoms with E-state index in [1.807, 2.05) is 6.07 Å². The molecule has 146 valence electrons. The first-order chi connectivity index (χ1) is 13.6. The van der Waals surface area contributed by atoms with Gasteiger partial charge in [0.2, 0.25) is 0 Å². The molecule has 0 unspecified atom stereocenters. The Balaban J connectivity index is 1.36. The summed E-state index contributed by atoms with van der Waals surface area (Å²) in [6.45, 7) is 3.23. The molecule has 3 aromatic rings. The third kappa shape index (κ3) is 4.43. The number of furan rings is 1. The second-order valence-corrected chi connectivity index (χ2v) is 7.27. The molecule has 4 rings (SSSR count). The molecule has 28 heavy (non-hydrogen) atoms. The predicted octanol–water partition coefficient (Wildman–Crippen LogP) is 4.17. The van der Waals surface area contributed by atoms with E-state index in [0.29, 0.717) is 17.3 Å². The molecule has 0 radical (unpaired) electrons. The number of carbonyl (C=O) groups is 1. The van der Waals surface area contributed by atoms with Crippen molar-refractivity contribution in [1.29, 1.82) is 0 Å². The minimum atomic E-state index is -0.385. The molecule has 2 aromatic heterocycles. The van der Waals surface area contributed by atoms with Crippen molar-refractivity contribution in [3.05, 3.63) is 70.6 Å². The van der Waals surface area contributed by atoms with E-state index >= 15 is 0 Å². The lowest BCUT2D eigenvalue weighted by atomic mass is 10.2. The van der Waals surface area contributed by atoms with Crippen LogP contribution in [0.2, 0.25) is 5.02 Å². The Morgan fingerprint density at radius 2 is 2.04 bits per heavy atom. The number of rotatable bonds is 6. The van der Waals surface area contributed by atoms with Crippen molar-refractivity contribution in [1.82, 2.24) is 14.7 Å². The van der Waals surface area contributed by atoms with Gasteiger partial charge in [0.15, 0.2) is 5.76 Å². The van der Waals surface area contributed by atoms with Crippen molar-refractivity contribution in [2.75, 3.05) is 18.4 Å². The van der Waals surface area contributed by atoms with E-state index in [1.165, 1.54) is 25.0 Å². The summed E-state index contributed by atoms with van der Waals surface area (Å²) >= 11 is 6.05. The number of likely N-dealkylation sites (tertiary alicyclic amines) is 1. The second kappa shape index (κ2) is 8.16. The molecule has 1 fully saturated rings. The van der Waals surface area contributed by atoms with Gasteiger partial charge in [-0.05, 0) is 55.8 Å². The van der Waals surface area contributed by atoms with Crippen LogP contribution in [0.4, 0.5) is 10.1 Å². The van der Waals surface area contributed by atoms with Gasteiger partial charge in [0.05, 0.1) is 25.0 Å². The van der Waals surface area contributed by atoms with Gasteiger partial charge in [-0.2, -0.15) is 5.10 Å². The van der Waals surface area contributed by atoms with Crippen molar-refractivity contribution in [2.45, 2.75) is 25.9 Å². The van der Waals surface area contributed by atoms with Crippen LogP contribution in [0.25, 0.3) is 0 Å². The standard InChI is InChI=1S/C20H20ClFN4O2/c21-18-9-15(22)4-3-14(18)11-26-12-16(10-23-26)24-20(27)19-6-5-17(28-19)13-25-7-1-2-8-25/h3-6,9-10,12H,1-2,7-8,11,13H2,(H,24,27). The molecule has 8 heteroatoms. The summed E-state index contributed by atoms with van der Waals surface area (Å²) < 4.78 is 20.4. The second-order valence-electron chi connectivity index (χ2n) is 6.87. The van der Waals surface area contributed by atoms with Gasteiger partial charge < -0.3 is 9.73 Å². The summed E-state index contributed by atoms with van der Waals surface area (Å²) in [4.78, 5) is 14.7. The Morgan fingerprint density at radius 3 is 2.82 bits per heavy atom. The molecule has 3 heterocycles. The van der Waals surface area contributed by atoms with Gasteiger partial charge in [-0.25, -0.2) is 4.39 Å². The molecule has 1 N–H and O–H groups in total. The topological polar surface area (TPSA) is 63.3 Å². The number of halogens is 2. The van der Waals surface area contributed by atoms with E-state index in [-0.39, 0.29) is 17.5 Å². The maximum Gasteiger partial charge on any atom is 0.291 e. The van der Waals surface area contributed by atoms with Gasteiger partial charge in [-0.3, -0.25) is 14.4 Å². The predicted molar refractivity (Wildman–Crippen MR) is 104 cm³/mol. The Labute approximate surface area is 166 Å². The maximum atomic E-state index is 13.1. The van der Waals surface area contributed by atoms with Crippen LogP contribution in [0, 0.1) is 5.82 Å². The monoisotopic (exact) mass is 402 g/mol. The molecule has 1 saturated heterocycles. The first-order valence-corrected chi connectivity index (χ1v) is 9.53. The smallest absolute Gasteiger partial charge is 0.291 e. The number of hydrogen-bond donors (Lipinski definition) is 1. The molecule has 0 saturated carbocycles. The molecule has 1 aromatic carbocycles. The first-order valence-electron chi connectivity index (χ1n) is 9.15. The largest absolute Gasteiger partial charge is 0.455 e. The first kappa shape index (κ1) is 18.7. The van der Waals surface area contributed by atoms with Crippen LogP contribution < -0.4 is 5.32 Å². The highest BCUT2D eigenvalue weighted by Crippen LogP contribution is 2.20. The van der Waals surface area contributed by atoms with E-state index in [4.69, 9.17) is 16.0 Å². The molecule has 0 bridgehead atoms. The molecule has 0 aliphatic carbocycles. The van der Waals surface area contributed by atoms with Crippen molar-refractivity contribution < 1.29 is 13.6 Å². The highest BCUT2D eigenvalue weighted by atomic mass is 35.5. The number of aromatic nitrogens is 2. The summed E-state index contributed by atoms with van der Waals surface area (Å²) in [6.07, 6.45) is 5.65. The molecule has 0 atom stereocenters. The average Bonchev–Trinajstić information content (AvgIpc) is 3.40. The van der Waals surface area contributed by atoms with Gasteiger partial charge >= 0.3 is 0 Å². The van der Waals surface area contributed by atoms with Gasteiger partial charge in [-0.1, -0.05) is 17.7 Å². The summed E-state index contributed by atoms with van der Waals surface area (Å²) in [5, 5.41) is 7.32. The Hall–Kier alpha value is -2.64. The SMILES string of the molecule is O=C(Nc1cnn(Cc2ccc(F)cc2Cl)c1)c1ccc(CN2CCCC2)o1. The third-order valence-corrected chi connectivity index (χ3v) is 5.05. The highest BCUT2D eigenvalue weighted by molar-refractivity contribution is 6.31. The van der Waals surface area contributed by atoms with Crippen molar-refractivity contribution in [3.8, 4) is 0 Å². The van der Waals surface area contributed by atoms with E-state index in [9.17, 15) is 9.18 Å². The number of hydrogen-bond acceptors (Lipinski definition) is 4. The zero-order chi connectivity index (χ0) is 19.5. The third-order valence-electron chi connectivity index (χ3n) is 4.70. The minimum Gasteiger partial charge on any atom is -0.455 e. The summed E-state index contributed by atoms with van der Waals surface area (Å²) in [5.41, 5.74) is 1.28. The lowest BCUT2D eigenvalue weighted by Gasteiger charge is -2.11. The number of amides is 1. The van der Waals surface area contributed by atoms with Gasteiger partial charge in [0, 0.05) is 11.2 Å². The van der Waals surface area contributed by atoms with Crippen LogP contribution in [-0.4, -0.2) is 33.7 Å². The Morgan fingerprint density at radius 1 is 1.21 bits per heavy atom. The highest BCUT2D eigenvalue weighted by Gasteiger charge is 2.16. The van der Waals surface area contributed by atoms with Crippen molar-refractivity contribution in [3.63, 3.8) is 0 Å². The van der Waals surface area contributed by atoms with Gasteiger partial charge in [0.25, 0.3) is 5.91 Å². The van der Waals surface area contributed by atoms with Crippen molar-refractivity contribution >= 4 is 23.2 Å². The molecule has 1 aliphatic heterocycles. The molecular formula is C20H20ClFN4O2. The Kier molecular flexibility index (Phi) is 5.45. The normalized spacial score (nSPS) is 14.5. The van der Waals surface area contributed by atoms with Gasteiger partial charge in [-0.15, -0.1) is 0 Å². The van der Waals surface area contributed by atoms with Crippen LogP contribution in [0.5, 0.6) is 0 Å². The van der Waals surface area contributed by atoms with E-state index in [2.05, 4.69) is 15.3 Å². The van der Waals surface area contributed by atoms with Crippen LogP contribution >= 0.6 is 11.6 Å². The van der Waals surface area contributed by atoms with Crippen molar-refractivity contribution in [2.24, 2.45) is 0 Å². The quantitative estimate of drug-likeness (QED) is 0.672. The van der Waals surface area contributed by atoms with Gasteiger partial charge in [0.1, 0.15) is 11.6 Å². The van der Waals surface area contributed by atoms with Crippen LogP contribution in [0.1, 0.15) is 34.7 Å². The zero-order valence-corrected chi connectivity index (χ0v) is 16.0. The fraction of sp³-hybridized carbons (Fsp3) is 0.300. The van der Waals surface area contributed by atoms with Crippen LogP contribution in [0.15, 0.2) is 47.1 Å².